The number of rotatable bonds is 12. The normalized spacial score (nSPS) is 24.9. The maximum atomic E-state index is 13.5. The lowest BCUT2D eigenvalue weighted by atomic mass is 9.69. The van der Waals surface area contributed by atoms with Crippen molar-refractivity contribution in [3.63, 3.8) is 0 Å². The van der Waals surface area contributed by atoms with Crippen molar-refractivity contribution in [2.24, 2.45) is 23.7 Å². The molecule has 2 aliphatic carbocycles. The van der Waals surface area contributed by atoms with E-state index < -0.39 is 0 Å². The first-order valence-electron chi connectivity index (χ1n) is 12.9. The van der Waals surface area contributed by atoms with E-state index >= 15 is 0 Å². The van der Waals surface area contributed by atoms with Crippen LogP contribution in [0.2, 0.25) is 0 Å². The van der Waals surface area contributed by atoms with Crippen molar-refractivity contribution < 1.29 is 9.53 Å². The number of allylic oxidation sites excluding steroid dienone is 6. The molecule has 0 saturated carbocycles. The first-order valence-corrected chi connectivity index (χ1v) is 12.9. The highest BCUT2D eigenvalue weighted by Gasteiger charge is 2.44. The Balaban J connectivity index is 1.78. The van der Waals surface area contributed by atoms with E-state index in [-0.39, 0.29) is 17.7 Å². The molecule has 3 aliphatic rings. The molecule has 4 heteroatoms. The van der Waals surface area contributed by atoms with Gasteiger partial charge < -0.3 is 15.0 Å². The maximum absolute atomic E-state index is 13.5. The van der Waals surface area contributed by atoms with Gasteiger partial charge in [-0.05, 0) is 56.1 Å². The van der Waals surface area contributed by atoms with Crippen molar-refractivity contribution in [2.45, 2.75) is 66.2 Å². The molecule has 0 radical (unpaired) electrons. The number of amides is 1. The lowest BCUT2D eigenvalue weighted by molar-refractivity contribution is -0.137. The largest absolute Gasteiger partial charge is 0.378 e. The van der Waals surface area contributed by atoms with Crippen molar-refractivity contribution in [2.75, 3.05) is 32.8 Å². The summed E-state index contributed by atoms with van der Waals surface area (Å²) in [5, 5.41) is 3.27. The molecule has 1 fully saturated rings. The molecule has 1 N–H and O–H groups in total. The molecule has 0 aromatic heterocycles. The minimum absolute atomic E-state index is 0.0518. The molecule has 32 heavy (non-hydrogen) atoms. The second-order valence-electron chi connectivity index (χ2n) is 9.74. The summed E-state index contributed by atoms with van der Waals surface area (Å²) < 4.78 is 5.77. The molecule has 4 unspecified atom stereocenters. The van der Waals surface area contributed by atoms with Crippen LogP contribution in [0, 0.1) is 23.7 Å². The molecule has 0 aromatic carbocycles. The van der Waals surface area contributed by atoms with Crippen LogP contribution in [0.25, 0.3) is 0 Å². The summed E-state index contributed by atoms with van der Waals surface area (Å²) in [6.45, 7) is 17.1. The third-order valence-corrected chi connectivity index (χ3v) is 7.68. The smallest absolute Gasteiger partial charge is 0.231 e. The molecule has 4 nitrogen and oxygen atoms in total. The Morgan fingerprint density at radius 1 is 1.22 bits per heavy atom. The standard InChI is InChI=1S/C28H44N2O2/c1-6-20(4)18-22(7-2)23-12-13-25-21(5)30(15-17-32-16-14-29-8-3)28(31)26-11-9-10-24(19-23)27(25)26/h10,12-13,20,22,26-27,29H,5-9,11,14-19H2,1-4H3. The third-order valence-electron chi connectivity index (χ3n) is 7.68. The van der Waals surface area contributed by atoms with Crippen molar-refractivity contribution in [3.05, 3.63) is 47.2 Å². The Kier molecular flexibility index (Phi) is 9.36. The van der Waals surface area contributed by atoms with Crippen LogP contribution in [0.5, 0.6) is 0 Å². The Morgan fingerprint density at radius 2 is 2.03 bits per heavy atom. The minimum atomic E-state index is 0.0518. The number of ether oxygens (including phenoxy) is 1. The monoisotopic (exact) mass is 440 g/mol. The number of carbonyl (C=O) groups is 1. The molecule has 0 spiro atoms. The van der Waals surface area contributed by atoms with Crippen molar-refractivity contribution in [1.82, 2.24) is 10.2 Å². The maximum Gasteiger partial charge on any atom is 0.231 e. The van der Waals surface area contributed by atoms with Gasteiger partial charge in [0, 0.05) is 30.6 Å². The molecule has 1 amide bonds. The number of piperidine rings is 1. The highest BCUT2D eigenvalue weighted by molar-refractivity contribution is 5.85. The fourth-order valence-corrected chi connectivity index (χ4v) is 5.56. The van der Waals surface area contributed by atoms with Gasteiger partial charge in [-0.2, -0.15) is 0 Å². The quantitative estimate of drug-likeness (QED) is 0.315. The summed E-state index contributed by atoms with van der Waals surface area (Å²) in [6.07, 6.45) is 13.7. The number of hydrogen-bond donors (Lipinski definition) is 1. The number of likely N-dealkylation sites (tertiary alicyclic amines) is 1. The molecular weight excluding hydrogens is 396 g/mol. The zero-order valence-corrected chi connectivity index (χ0v) is 20.8. The second kappa shape index (κ2) is 12.0. The fraction of sp³-hybridized carbons (Fsp3) is 0.679. The van der Waals surface area contributed by atoms with E-state index in [0.717, 1.165) is 44.0 Å². The fourth-order valence-electron chi connectivity index (χ4n) is 5.56. The van der Waals surface area contributed by atoms with Crippen LogP contribution in [0.1, 0.15) is 66.2 Å². The molecule has 3 rings (SSSR count). The summed E-state index contributed by atoms with van der Waals surface area (Å²) in [5.74, 6) is 1.87. The number of nitrogens with one attached hydrogen (secondary N) is 1. The Bertz CT molecular complexity index is 763. The van der Waals surface area contributed by atoms with E-state index in [4.69, 9.17) is 4.74 Å². The number of likely N-dealkylation sites (N-methyl/N-ethyl adjacent to an activating group) is 1. The highest BCUT2D eigenvalue weighted by atomic mass is 16.5. The van der Waals surface area contributed by atoms with Crippen LogP contribution < -0.4 is 5.32 Å². The van der Waals surface area contributed by atoms with Crippen LogP contribution in [-0.2, 0) is 9.53 Å². The molecule has 4 atom stereocenters. The molecular formula is C28H44N2O2. The lowest BCUT2D eigenvalue weighted by Crippen LogP contribution is -2.47. The van der Waals surface area contributed by atoms with E-state index in [1.807, 2.05) is 4.90 Å². The minimum Gasteiger partial charge on any atom is -0.378 e. The van der Waals surface area contributed by atoms with Crippen LogP contribution in [0.3, 0.4) is 0 Å². The van der Waals surface area contributed by atoms with Gasteiger partial charge in [0.1, 0.15) is 0 Å². The summed E-state index contributed by atoms with van der Waals surface area (Å²) in [4.78, 5) is 15.4. The first kappa shape index (κ1) is 25.0. The lowest BCUT2D eigenvalue weighted by Gasteiger charge is -2.43. The average molecular weight is 441 g/mol. The van der Waals surface area contributed by atoms with Gasteiger partial charge in [0.25, 0.3) is 0 Å². The first-order chi connectivity index (χ1) is 15.5. The average Bonchev–Trinajstić information content (AvgIpc) is 3.00. The molecule has 0 bridgehead atoms. The van der Waals surface area contributed by atoms with Gasteiger partial charge in [0.15, 0.2) is 0 Å². The topological polar surface area (TPSA) is 41.6 Å². The second-order valence-corrected chi connectivity index (χ2v) is 9.74. The van der Waals surface area contributed by atoms with E-state index in [0.29, 0.717) is 25.7 Å². The van der Waals surface area contributed by atoms with Crippen LogP contribution in [0.4, 0.5) is 0 Å². The molecule has 178 valence electrons. The summed E-state index contributed by atoms with van der Waals surface area (Å²) in [5.41, 5.74) is 5.13. The summed E-state index contributed by atoms with van der Waals surface area (Å²) in [7, 11) is 0. The number of nitrogens with zero attached hydrogens (tertiary/aromatic N) is 1. The van der Waals surface area contributed by atoms with Crippen LogP contribution in [-0.4, -0.2) is 43.7 Å². The summed E-state index contributed by atoms with van der Waals surface area (Å²) >= 11 is 0. The predicted octanol–water partition coefficient (Wildman–Crippen LogP) is 5.64. The van der Waals surface area contributed by atoms with Crippen LogP contribution >= 0.6 is 0 Å². The van der Waals surface area contributed by atoms with Gasteiger partial charge in [0.05, 0.1) is 13.2 Å². The van der Waals surface area contributed by atoms with Gasteiger partial charge in [-0.15, -0.1) is 0 Å². The van der Waals surface area contributed by atoms with Crippen LogP contribution in [0.15, 0.2) is 47.2 Å². The Labute approximate surface area is 195 Å². The zero-order valence-electron chi connectivity index (χ0n) is 20.8. The highest BCUT2D eigenvalue weighted by Crippen LogP contribution is 2.48. The molecule has 0 aromatic rings. The van der Waals surface area contributed by atoms with Gasteiger partial charge >= 0.3 is 0 Å². The van der Waals surface area contributed by atoms with Gasteiger partial charge in [-0.1, -0.05) is 70.1 Å². The van der Waals surface area contributed by atoms with Gasteiger partial charge in [-0.25, -0.2) is 0 Å². The molecule has 1 aliphatic heterocycles. The predicted molar refractivity (Wildman–Crippen MR) is 133 cm³/mol. The van der Waals surface area contributed by atoms with E-state index in [2.05, 4.69) is 57.8 Å². The Hall–Kier alpha value is -1.65. The summed E-state index contributed by atoms with van der Waals surface area (Å²) in [6, 6.07) is 0. The molecule has 1 saturated heterocycles. The SMILES string of the molecule is C=C1C2=CC=C(C(CC)CC(C)CC)CC3=CCCC(C(=O)N1CCOCCNCC)C32. The number of carbonyl (C=O) groups excluding carboxylic acids is 1. The van der Waals surface area contributed by atoms with Crippen molar-refractivity contribution in [1.29, 1.82) is 0 Å². The van der Waals surface area contributed by atoms with E-state index in [9.17, 15) is 4.79 Å². The molecule has 1 heterocycles. The van der Waals surface area contributed by atoms with E-state index in [1.54, 1.807) is 5.57 Å². The third kappa shape index (κ3) is 5.63. The van der Waals surface area contributed by atoms with Gasteiger partial charge in [-0.3, -0.25) is 4.79 Å². The number of hydrogen-bond acceptors (Lipinski definition) is 3. The van der Waals surface area contributed by atoms with Crippen molar-refractivity contribution >= 4 is 5.91 Å². The zero-order chi connectivity index (χ0) is 23.1. The Morgan fingerprint density at radius 3 is 2.75 bits per heavy atom. The van der Waals surface area contributed by atoms with Gasteiger partial charge in [0.2, 0.25) is 5.91 Å². The van der Waals surface area contributed by atoms with E-state index in [1.165, 1.54) is 30.4 Å². The van der Waals surface area contributed by atoms with Crippen molar-refractivity contribution in [3.8, 4) is 0 Å².